The number of rotatable bonds is 49. The summed E-state index contributed by atoms with van der Waals surface area (Å²) >= 11 is 0. The summed E-state index contributed by atoms with van der Waals surface area (Å²) in [5.41, 5.74) is 0. The summed E-state index contributed by atoms with van der Waals surface area (Å²) in [6.45, 7) is 6.68. The Labute approximate surface area is 368 Å². The monoisotopic (exact) mass is 835 g/mol. The Hall–Kier alpha value is -1.59. The molecule has 0 aromatic carbocycles. The third-order valence-electron chi connectivity index (χ3n) is 12.1. The van der Waals surface area contributed by atoms with Crippen LogP contribution in [-0.2, 0) is 28.6 Å². The van der Waals surface area contributed by atoms with Crippen LogP contribution in [0.5, 0.6) is 0 Å². The average molecular weight is 835 g/mol. The number of carbonyl (C=O) groups excluding carboxylic acids is 3. The van der Waals surface area contributed by atoms with Crippen LogP contribution in [0.3, 0.4) is 0 Å². The Balaban J connectivity index is 4.30. The molecule has 6 heteroatoms. The fourth-order valence-electron chi connectivity index (χ4n) is 8.09. The van der Waals surface area contributed by atoms with Crippen LogP contribution in [0.2, 0.25) is 0 Å². The lowest BCUT2D eigenvalue weighted by atomic mass is 10.0. The molecule has 0 amide bonds. The molecule has 0 aliphatic rings. The Kier molecular flexibility index (Phi) is 47.7. The van der Waals surface area contributed by atoms with Gasteiger partial charge in [0.2, 0.25) is 0 Å². The van der Waals surface area contributed by atoms with Crippen LogP contribution in [0, 0.1) is 0 Å². The lowest BCUT2D eigenvalue weighted by Crippen LogP contribution is -2.30. The first-order valence-corrected chi connectivity index (χ1v) is 26.5. The molecule has 350 valence electrons. The van der Waals surface area contributed by atoms with Gasteiger partial charge in [0.1, 0.15) is 13.2 Å². The van der Waals surface area contributed by atoms with Gasteiger partial charge in [0.25, 0.3) is 0 Å². The zero-order chi connectivity index (χ0) is 43.0. The van der Waals surface area contributed by atoms with Crippen LogP contribution in [-0.4, -0.2) is 37.2 Å². The quantitative estimate of drug-likeness (QED) is 0.0345. The number of unbranched alkanes of at least 4 members (excludes halogenated alkanes) is 38. The summed E-state index contributed by atoms with van der Waals surface area (Å²) in [7, 11) is 0. The van der Waals surface area contributed by atoms with Crippen molar-refractivity contribution in [2.75, 3.05) is 13.2 Å². The van der Waals surface area contributed by atoms with E-state index in [0.717, 1.165) is 57.8 Å². The van der Waals surface area contributed by atoms with Crippen LogP contribution in [0.1, 0.15) is 303 Å². The van der Waals surface area contributed by atoms with Crippen molar-refractivity contribution in [3.8, 4) is 0 Å². The molecule has 1 atom stereocenters. The van der Waals surface area contributed by atoms with E-state index in [1.165, 1.54) is 205 Å². The van der Waals surface area contributed by atoms with E-state index < -0.39 is 6.10 Å². The minimum Gasteiger partial charge on any atom is -0.462 e. The normalized spacial score (nSPS) is 11.8. The van der Waals surface area contributed by atoms with E-state index in [4.69, 9.17) is 14.2 Å². The van der Waals surface area contributed by atoms with Crippen molar-refractivity contribution in [2.24, 2.45) is 0 Å². The highest BCUT2D eigenvalue weighted by Crippen LogP contribution is 2.17. The van der Waals surface area contributed by atoms with E-state index in [1.807, 2.05) is 0 Å². The molecule has 0 rings (SSSR count). The number of hydrogen-bond acceptors (Lipinski definition) is 6. The van der Waals surface area contributed by atoms with E-state index >= 15 is 0 Å². The predicted octanol–water partition coefficient (Wildman–Crippen LogP) is 17.2. The molecule has 0 N–H and O–H groups in total. The van der Waals surface area contributed by atoms with Crippen molar-refractivity contribution in [2.45, 2.75) is 309 Å². The molecule has 0 saturated heterocycles. The van der Waals surface area contributed by atoms with E-state index in [2.05, 4.69) is 20.8 Å². The number of hydrogen-bond donors (Lipinski definition) is 0. The summed E-state index contributed by atoms with van der Waals surface area (Å²) in [5, 5.41) is 0. The van der Waals surface area contributed by atoms with Crippen LogP contribution in [0.15, 0.2) is 0 Å². The number of carbonyl (C=O) groups is 3. The second-order valence-corrected chi connectivity index (χ2v) is 18.2. The molecule has 0 aromatic heterocycles. The van der Waals surface area contributed by atoms with Crippen molar-refractivity contribution in [1.82, 2.24) is 0 Å². The van der Waals surface area contributed by atoms with Gasteiger partial charge in [-0.25, -0.2) is 0 Å². The standard InChI is InChI=1S/C53H102O6/c1-4-7-10-13-16-19-22-25-27-29-32-35-38-41-44-47-53(56)59-50(48-57-51(54)45-42-39-36-33-30-24-21-18-15-12-9-6-3)49-58-52(55)46-43-40-37-34-31-28-26-23-20-17-14-11-8-5-2/h50H,4-49H2,1-3H3/t50-/m0/s1. The summed E-state index contributed by atoms with van der Waals surface area (Å²) in [6, 6.07) is 0. The second-order valence-electron chi connectivity index (χ2n) is 18.2. The number of esters is 3. The third kappa shape index (κ3) is 47.3. The SMILES string of the molecule is CCCCCCCCCCCCCCCCCC(=O)O[C@@H](COC(=O)CCCCCCCCCCCCCC)COC(=O)CCCCCCCCCCCCCCCC. The van der Waals surface area contributed by atoms with Gasteiger partial charge in [-0.1, -0.05) is 265 Å². The molecule has 0 saturated carbocycles. The van der Waals surface area contributed by atoms with Crippen LogP contribution >= 0.6 is 0 Å². The largest absolute Gasteiger partial charge is 0.462 e. The average Bonchev–Trinajstić information content (AvgIpc) is 3.23. The molecular weight excluding hydrogens is 733 g/mol. The Morgan fingerprint density at radius 3 is 0.678 bits per heavy atom. The molecule has 0 bridgehead atoms. The van der Waals surface area contributed by atoms with Crippen molar-refractivity contribution in [3.05, 3.63) is 0 Å². The molecule has 0 radical (unpaired) electrons. The van der Waals surface area contributed by atoms with Gasteiger partial charge in [-0.05, 0) is 19.3 Å². The third-order valence-corrected chi connectivity index (χ3v) is 12.1. The summed E-state index contributed by atoms with van der Waals surface area (Å²) in [5.74, 6) is -0.839. The van der Waals surface area contributed by atoms with E-state index in [-0.39, 0.29) is 31.1 Å². The second kappa shape index (κ2) is 49.1. The molecular formula is C53H102O6. The van der Waals surface area contributed by atoms with E-state index in [0.29, 0.717) is 19.3 Å². The van der Waals surface area contributed by atoms with Gasteiger partial charge in [-0.15, -0.1) is 0 Å². The molecule has 59 heavy (non-hydrogen) atoms. The predicted molar refractivity (Wildman–Crippen MR) is 252 cm³/mol. The van der Waals surface area contributed by atoms with Crippen molar-refractivity contribution in [1.29, 1.82) is 0 Å². The van der Waals surface area contributed by atoms with Crippen molar-refractivity contribution < 1.29 is 28.6 Å². The van der Waals surface area contributed by atoms with Crippen LogP contribution in [0.25, 0.3) is 0 Å². The first-order valence-electron chi connectivity index (χ1n) is 26.5. The molecule has 0 spiro atoms. The minimum atomic E-state index is -0.759. The van der Waals surface area contributed by atoms with Gasteiger partial charge in [-0.2, -0.15) is 0 Å². The zero-order valence-electron chi connectivity index (χ0n) is 40.1. The van der Waals surface area contributed by atoms with Crippen LogP contribution in [0.4, 0.5) is 0 Å². The Morgan fingerprint density at radius 2 is 0.458 bits per heavy atom. The first-order chi connectivity index (χ1) is 29.0. The van der Waals surface area contributed by atoms with Crippen molar-refractivity contribution in [3.63, 3.8) is 0 Å². The highest BCUT2D eigenvalue weighted by Gasteiger charge is 2.19. The van der Waals surface area contributed by atoms with E-state index in [1.54, 1.807) is 0 Å². The highest BCUT2D eigenvalue weighted by atomic mass is 16.6. The Morgan fingerprint density at radius 1 is 0.271 bits per heavy atom. The van der Waals surface area contributed by atoms with Crippen LogP contribution < -0.4 is 0 Å². The number of ether oxygens (including phenoxy) is 3. The summed E-state index contributed by atoms with van der Waals surface area (Å²) in [6.07, 6.45) is 52.2. The molecule has 0 fully saturated rings. The molecule has 0 aliphatic carbocycles. The molecule has 6 nitrogen and oxygen atoms in total. The lowest BCUT2D eigenvalue weighted by molar-refractivity contribution is -0.167. The van der Waals surface area contributed by atoms with E-state index in [9.17, 15) is 14.4 Å². The van der Waals surface area contributed by atoms with Gasteiger partial charge < -0.3 is 14.2 Å². The Bertz CT molecular complexity index is 874. The molecule has 0 unspecified atom stereocenters. The fourth-order valence-corrected chi connectivity index (χ4v) is 8.09. The smallest absolute Gasteiger partial charge is 0.306 e. The maximum Gasteiger partial charge on any atom is 0.306 e. The molecule has 0 heterocycles. The topological polar surface area (TPSA) is 78.9 Å². The van der Waals surface area contributed by atoms with Crippen molar-refractivity contribution >= 4 is 17.9 Å². The molecule has 0 aromatic rings. The maximum absolute atomic E-state index is 12.8. The lowest BCUT2D eigenvalue weighted by Gasteiger charge is -2.18. The highest BCUT2D eigenvalue weighted by molar-refractivity contribution is 5.71. The fraction of sp³-hybridized carbons (Fsp3) is 0.943. The maximum atomic E-state index is 12.8. The summed E-state index contributed by atoms with van der Waals surface area (Å²) < 4.78 is 16.8. The minimum absolute atomic E-state index is 0.0616. The van der Waals surface area contributed by atoms with Gasteiger partial charge >= 0.3 is 17.9 Å². The first kappa shape index (κ1) is 57.4. The van der Waals surface area contributed by atoms with Gasteiger partial charge in [-0.3, -0.25) is 14.4 Å². The summed E-state index contributed by atoms with van der Waals surface area (Å²) in [4.78, 5) is 37.9. The van der Waals surface area contributed by atoms with Gasteiger partial charge in [0.05, 0.1) is 0 Å². The zero-order valence-corrected chi connectivity index (χ0v) is 40.1. The van der Waals surface area contributed by atoms with Gasteiger partial charge in [0, 0.05) is 19.3 Å². The van der Waals surface area contributed by atoms with Gasteiger partial charge in [0.15, 0.2) is 6.10 Å². The molecule has 0 aliphatic heterocycles.